The molecule has 6 rings (SSSR count). The van der Waals surface area contributed by atoms with Gasteiger partial charge >= 0.3 is 12.4 Å². The molecule has 35 heavy (non-hydrogen) atoms. The first-order valence-corrected chi connectivity index (χ1v) is 11.4. The van der Waals surface area contributed by atoms with Gasteiger partial charge in [0.15, 0.2) is 11.5 Å². The number of fused-ring (bicyclic) bond motifs is 3. The lowest BCUT2D eigenvalue weighted by Gasteiger charge is -2.37. The number of rotatable bonds is 5. The fraction of sp³-hybridized carbons (Fsp3) is 0.391. The summed E-state index contributed by atoms with van der Waals surface area (Å²) in [4.78, 5) is 11.2. The van der Waals surface area contributed by atoms with E-state index < -0.39 is 6.36 Å². The van der Waals surface area contributed by atoms with Crippen molar-refractivity contribution in [1.29, 1.82) is 0 Å². The molecule has 4 heterocycles. The minimum Gasteiger partial charge on any atom is -0.406 e. The Bertz CT molecular complexity index is 1340. The molecule has 12 heteroatoms. The minimum absolute atomic E-state index is 0.231. The number of hydrogen-bond acceptors (Lipinski definition) is 8. The van der Waals surface area contributed by atoms with Gasteiger partial charge < -0.3 is 19.5 Å². The number of alkyl halides is 3. The maximum absolute atomic E-state index is 12.5. The summed E-state index contributed by atoms with van der Waals surface area (Å²) >= 11 is 0. The Morgan fingerprint density at radius 1 is 1.06 bits per heavy atom. The normalized spacial score (nSPS) is 22.1. The van der Waals surface area contributed by atoms with Crippen LogP contribution in [0.3, 0.4) is 0 Å². The Morgan fingerprint density at radius 3 is 2.46 bits per heavy atom. The third-order valence-corrected chi connectivity index (χ3v) is 6.68. The van der Waals surface area contributed by atoms with Crippen LogP contribution in [0.1, 0.15) is 18.7 Å². The van der Waals surface area contributed by atoms with E-state index in [-0.39, 0.29) is 11.8 Å². The van der Waals surface area contributed by atoms with Crippen molar-refractivity contribution in [2.75, 3.05) is 23.3 Å². The highest BCUT2D eigenvalue weighted by molar-refractivity contribution is 5.78. The van der Waals surface area contributed by atoms with Crippen LogP contribution < -0.4 is 15.0 Å². The topological polar surface area (TPSA) is 93.6 Å². The smallest absolute Gasteiger partial charge is 0.406 e. The number of nitrogens with zero attached hydrogens (tertiary/aromatic N) is 6. The molecule has 3 atom stereocenters. The summed E-state index contributed by atoms with van der Waals surface area (Å²) in [7, 11) is 0. The maximum atomic E-state index is 12.5. The highest BCUT2D eigenvalue weighted by Gasteiger charge is 2.43. The van der Waals surface area contributed by atoms with E-state index in [0.29, 0.717) is 40.8 Å². The number of aryl methyl sites for hydroxylation is 1. The predicted molar refractivity (Wildman–Crippen MR) is 120 cm³/mol. The second kappa shape index (κ2) is 8.14. The summed E-state index contributed by atoms with van der Waals surface area (Å²) in [6.07, 6.45) is -0.740. The first-order valence-electron chi connectivity index (χ1n) is 11.4. The Labute approximate surface area is 197 Å². The SMILES string of the molecule is Cc1noc(N2C[C@H]3CC[C@@H](C2)[C@@H]3Nc2nc3c(-c4ccc(OC(F)(F)F)cc4)cccn3n2)n1. The van der Waals surface area contributed by atoms with E-state index in [9.17, 15) is 13.2 Å². The Kier molecular flexibility index (Phi) is 5.04. The lowest BCUT2D eigenvalue weighted by molar-refractivity contribution is -0.274. The third-order valence-electron chi connectivity index (χ3n) is 6.68. The van der Waals surface area contributed by atoms with Gasteiger partial charge in [-0.15, -0.1) is 18.3 Å². The summed E-state index contributed by atoms with van der Waals surface area (Å²) in [5, 5.41) is 12.0. The second-order valence-corrected chi connectivity index (χ2v) is 8.99. The molecule has 1 saturated heterocycles. The highest BCUT2D eigenvalue weighted by atomic mass is 19.4. The summed E-state index contributed by atoms with van der Waals surface area (Å²) in [6, 6.07) is 10.2. The number of piperidine rings is 1. The average Bonchev–Trinajstić information content (AvgIpc) is 3.48. The molecule has 1 saturated carbocycles. The zero-order valence-corrected chi connectivity index (χ0v) is 18.7. The zero-order chi connectivity index (χ0) is 24.2. The molecular weight excluding hydrogens is 463 g/mol. The number of hydrogen-bond donors (Lipinski definition) is 1. The Hall–Kier alpha value is -3.83. The van der Waals surface area contributed by atoms with Crippen molar-refractivity contribution in [1.82, 2.24) is 24.7 Å². The first-order chi connectivity index (χ1) is 16.8. The first kappa shape index (κ1) is 21.7. The van der Waals surface area contributed by atoms with Gasteiger partial charge in [-0.2, -0.15) is 9.97 Å². The van der Waals surface area contributed by atoms with Crippen molar-refractivity contribution in [3.63, 3.8) is 0 Å². The quantitative estimate of drug-likeness (QED) is 0.447. The monoisotopic (exact) mass is 485 g/mol. The van der Waals surface area contributed by atoms with Gasteiger partial charge in [-0.3, -0.25) is 0 Å². The zero-order valence-electron chi connectivity index (χ0n) is 18.7. The van der Waals surface area contributed by atoms with Crippen molar-refractivity contribution >= 4 is 17.6 Å². The molecule has 3 aromatic heterocycles. The number of pyridine rings is 1. The lowest BCUT2D eigenvalue weighted by Crippen LogP contribution is -2.48. The summed E-state index contributed by atoms with van der Waals surface area (Å²) in [5.41, 5.74) is 2.09. The van der Waals surface area contributed by atoms with Gasteiger partial charge in [-0.25, -0.2) is 4.52 Å². The fourth-order valence-corrected chi connectivity index (χ4v) is 5.21. The molecule has 2 fully saturated rings. The van der Waals surface area contributed by atoms with Crippen LogP contribution in [0.25, 0.3) is 16.8 Å². The van der Waals surface area contributed by atoms with Crippen LogP contribution in [0.4, 0.5) is 25.1 Å². The van der Waals surface area contributed by atoms with E-state index in [1.165, 1.54) is 12.1 Å². The van der Waals surface area contributed by atoms with Crippen LogP contribution in [0.5, 0.6) is 5.75 Å². The minimum atomic E-state index is -4.73. The van der Waals surface area contributed by atoms with E-state index >= 15 is 0 Å². The molecule has 0 spiro atoms. The molecule has 2 bridgehead atoms. The number of benzene rings is 1. The molecule has 4 aromatic rings. The highest BCUT2D eigenvalue weighted by Crippen LogP contribution is 2.40. The van der Waals surface area contributed by atoms with E-state index in [1.807, 2.05) is 19.1 Å². The number of halogens is 3. The van der Waals surface area contributed by atoms with Gasteiger partial charge in [-0.05, 0) is 61.4 Å². The van der Waals surface area contributed by atoms with E-state index in [1.54, 1.807) is 22.8 Å². The lowest BCUT2D eigenvalue weighted by atomic mass is 9.92. The molecule has 1 aliphatic carbocycles. The number of anilines is 2. The average molecular weight is 485 g/mol. The van der Waals surface area contributed by atoms with Crippen molar-refractivity contribution in [2.24, 2.45) is 11.8 Å². The molecule has 2 aliphatic rings. The predicted octanol–water partition coefficient (Wildman–Crippen LogP) is 4.31. The second-order valence-electron chi connectivity index (χ2n) is 8.99. The molecule has 1 aliphatic heterocycles. The number of aromatic nitrogens is 5. The molecule has 1 N–H and O–H groups in total. The van der Waals surface area contributed by atoms with Crippen molar-refractivity contribution < 1.29 is 22.4 Å². The molecular formula is C23H22F3N7O2. The van der Waals surface area contributed by atoms with Gasteiger partial charge in [0, 0.05) is 30.9 Å². The van der Waals surface area contributed by atoms with Crippen LogP contribution in [-0.4, -0.2) is 50.2 Å². The number of ether oxygens (including phenoxy) is 1. The Morgan fingerprint density at radius 2 is 1.80 bits per heavy atom. The van der Waals surface area contributed by atoms with Gasteiger partial charge in [0.05, 0.1) is 0 Å². The molecule has 0 radical (unpaired) electrons. The maximum Gasteiger partial charge on any atom is 0.573 e. The van der Waals surface area contributed by atoms with Gasteiger partial charge in [0.25, 0.3) is 0 Å². The molecule has 182 valence electrons. The largest absolute Gasteiger partial charge is 0.573 e. The van der Waals surface area contributed by atoms with Gasteiger partial charge in [0.2, 0.25) is 5.95 Å². The Balaban J connectivity index is 1.21. The van der Waals surface area contributed by atoms with Crippen LogP contribution in [0, 0.1) is 18.8 Å². The van der Waals surface area contributed by atoms with Crippen molar-refractivity contribution in [2.45, 2.75) is 32.2 Å². The molecule has 9 nitrogen and oxygen atoms in total. The summed E-state index contributed by atoms with van der Waals surface area (Å²) in [5.74, 6) is 1.68. The summed E-state index contributed by atoms with van der Waals surface area (Å²) in [6.45, 7) is 3.45. The van der Waals surface area contributed by atoms with Gasteiger partial charge in [0.1, 0.15) is 5.75 Å². The van der Waals surface area contributed by atoms with E-state index in [4.69, 9.17) is 9.51 Å². The standard InChI is InChI=1S/C23H22F3N7O2/c1-13-27-22(35-31-13)32-11-15-4-5-16(12-32)19(15)28-21-29-20-18(3-2-10-33(20)30-21)14-6-8-17(9-7-14)34-23(24,25)26/h2-3,6-10,15-16,19H,4-5,11-12H2,1H3,(H,28,30)/t15-,16+,19-. The van der Waals surface area contributed by atoms with Crippen LogP contribution >= 0.6 is 0 Å². The number of nitrogens with one attached hydrogen (secondary N) is 1. The summed E-state index contributed by atoms with van der Waals surface area (Å²) < 4.78 is 48.4. The molecule has 1 aromatic carbocycles. The van der Waals surface area contributed by atoms with Crippen molar-refractivity contribution in [3.05, 3.63) is 48.4 Å². The van der Waals surface area contributed by atoms with Crippen LogP contribution in [0.2, 0.25) is 0 Å². The van der Waals surface area contributed by atoms with E-state index in [2.05, 4.69) is 30.2 Å². The van der Waals surface area contributed by atoms with Gasteiger partial charge in [-0.1, -0.05) is 17.3 Å². The molecule has 0 unspecified atom stereocenters. The molecule has 0 amide bonds. The third kappa shape index (κ3) is 4.24. The van der Waals surface area contributed by atoms with Crippen LogP contribution in [-0.2, 0) is 0 Å². The van der Waals surface area contributed by atoms with E-state index in [0.717, 1.165) is 31.5 Å². The van der Waals surface area contributed by atoms with Crippen LogP contribution in [0.15, 0.2) is 47.1 Å². The fourth-order valence-electron chi connectivity index (χ4n) is 5.21. The van der Waals surface area contributed by atoms with Crippen molar-refractivity contribution in [3.8, 4) is 16.9 Å².